The van der Waals surface area contributed by atoms with E-state index in [9.17, 15) is 57.5 Å². The Kier molecular flexibility index (Phi) is 37.8. The van der Waals surface area contributed by atoms with E-state index in [1.807, 2.05) is 0 Å². The van der Waals surface area contributed by atoms with Crippen molar-refractivity contribution in [3.05, 3.63) is 12.3 Å². The number of nitrogens with two attached hydrogens (primary N) is 2. The van der Waals surface area contributed by atoms with Crippen LogP contribution in [0.25, 0.3) is 0 Å². The molecule has 0 spiro atoms. The van der Waals surface area contributed by atoms with Crippen LogP contribution in [0.4, 0.5) is 0 Å². The van der Waals surface area contributed by atoms with E-state index < -0.39 is 47.6 Å². The first kappa shape index (κ1) is 65.1. The van der Waals surface area contributed by atoms with E-state index >= 15 is 0 Å². The highest BCUT2D eigenvalue weighted by atomic mass is 16.4. The van der Waals surface area contributed by atoms with Gasteiger partial charge in [0.05, 0.1) is 6.42 Å². The molecule has 0 aliphatic carbocycles. The smallest absolute Gasteiger partial charge is 0.305 e. The van der Waals surface area contributed by atoms with Crippen LogP contribution in [-0.4, -0.2) is 167 Å². The number of carboxylic acid groups (broad SMARTS) is 1. The van der Waals surface area contributed by atoms with Crippen molar-refractivity contribution in [2.75, 3.05) is 78.5 Å². The van der Waals surface area contributed by atoms with E-state index in [4.69, 9.17) is 16.6 Å². The van der Waals surface area contributed by atoms with Gasteiger partial charge in [-0.3, -0.25) is 57.5 Å². The second-order valence-electron chi connectivity index (χ2n) is 16.4. The van der Waals surface area contributed by atoms with Gasteiger partial charge in [-0.05, 0) is 51.6 Å². The third-order valence-electron chi connectivity index (χ3n) is 10.0. The van der Waals surface area contributed by atoms with Gasteiger partial charge in [-0.25, -0.2) is 0 Å². The standard InChI is InChI=1S/C45H80N14O13/c1-31(9-21-48-35(61)10-22-49-36(62)11-23-50-39(65)14-26-54-42(68)17-29-57-45(72)34(59-32(2)60)8-4-6-20-47)58-33(7-3-5-19-46)44(71)56-28-16-41(67)53-25-13-38(64)51-24-12-37(63)52-27-15-40(66)55-30-18-43(69)70/h33-34,58H,1,3-30,46-47H2,2H3,(H,48,61)(H,49,62)(H,50,65)(H,51,64)(H,52,63)(H,53,67)(H,54,68)(H,55,66)(H,56,71)(H,57,72)(H,59,60)(H,69,70). The van der Waals surface area contributed by atoms with Crippen molar-refractivity contribution in [3.8, 4) is 0 Å². The molecule has 0 aliphatic heterocycles. The second kappa shape index (κ2) is 41.8. The highest BCUT2D eigenvalue weighted by molar-refractivity contribution is 5.87. The Hall–Kier alpha value is -6.90. The monoisotopic (exact) mass is 1020 g/mol. The Bertz CT molecular complexity index is 1770. The number of unbranched alkanes of at least 4 members (excludes halogenated alkanes) is 2. The predicted molar refractivity (Wildman–Crippen MR) is 263 cm³/mol. The summed E-state index contributed by atoms with van der Waals surface area (Å²) >= 11 is 0. The third-order valence-corrected chi connectivity index (χ3v) is 10.0. The van der Waals surface area contributed by atoms with Gasteiger partial charge in [0, 0.05) is 136 Å². The number of carbonyl (C=O) groups excluding carboxylic acids is 11. The molecular weight excluding hydrogens is 945 g/mol. The summed E-state index contributed by atoms with van der Waals surface area (Å²) in [7, 11) is 0. The number of carbonyl (C=O) groups is 12. The van der Waals surface area contributed by atoms with Crippen LogP contribution in [0.1, 0.15) is 110 Å². The van der Waals surface area contributed by atoms with Gasteiger partial charge < -0.3 is 80.4 Å². The van der Waals surface area contributed by atoms with Gasteiger partial charge in [0.25, 0.3) is 0 Å². The van der Waals surface area contributed by atoms with Gasteiger partial charge in [-0.15, -0.1) is 0 Å². The quantitative estimate of drug-likeness (QED) is 0.0256. The molecule has 11 amide bonds. The second-order valence-corrected chi connectivity index (χ2v) is 16.4. The summed E-state index contributed by atoms with van der Waals surface area (Å²) in [6, 6.07) is -1.41. The van der Waals surface area contributed by atoms with Crippen molar-refractivity contribution < 1.29 is 62.6 Å². The van der Waals surface area contributed by atoms with Gasteiger partial charge in [0.1, 0.15) is 12.1 Å². The Labute approximate surface area is 420 Å². The van der Waals surface area contributed by atoms with Gasteiger partial charge in [0.2, 0.25) is 65.0 Å². The van der Waals surface area contributed by atoms with Crippen LogP contribution < -0.4 is 75.3 Å². The summed E-state index contributed by atoms with van der Waals surface area (Å²) < 4.78 is 0. The fourth-order valence-corrected chi connectivity index (χ4v) is 6.19. The van der Waals surface area contributed by atoms with E-state index in [2.05, 4.69) is 70.4 Å². The lowest BCUT2D eigenvalue weighted by Crippen LogP contribution is -2.46. The fourth-order valence-electron chi connectivity index (χ4n) is 6.19. The van der Waals surface area contributed by atoms with Crippen molar-refractivity contribution in [1.29, 1.82) is 0 Å². The first-order valence-corrected chi connectivity index (χ1v) is 24.4. The molecule has 0 saturated heterocycles. The van der Waals surface area contributed by atoms with Crippen molar-refractivity contribution in [3.63, 3.8) is 0 Å². The molecular formula is C45H80N14O13. The first-order valence-electron chi connectivity index (χ1n) is 24.4. The predicted octanol–water partition coefficient (Wildman–Crippen LogP) is -4.63. The maximum Gasteiger partial charge on any atom is 0.305 e. The first-order chi connectivity index (χ1) is 34.4. The molecule has 408 valence electrons. The van der Waals surface area contributed by atoms with Crippen LogP contribution >= 0.6 is 0 Å². The van der Waals surface area contributed by atoms with Crippen molar-refractivity contribution >= 4 is 70.9 Å². The fraction of sp³-hybridized carbons (Fsp3) is 0.689. The Morgan fingerprint density at radius 1 is 0.375 bits per heavy atom. The number of amides is 11. The molecule has 0 bridgehead atoms. The van der Waals surface area contributed by atoms with Crippen LogP contribution in [0.2, 0.25) is 0 Å². The third kappa shape index (κ3) is 38.9. The zero-order valence-corrected chi connectivity index (χ0v) is 41.7. The summed E-state index contributed by atoms with van der Waals surface area (Å²) in [5.74, 6) is -5.23. The highest BCUT2D eigenvalue weighted by Gasteiger charge is 2.20. The normalized spacial score (nSPS) is 11.3. The van der Waals surface area contributed by atoms with Crippen LogP contribution in [0.15, 0.2) is 12.3 Å². The summed E-state index contributed by atoms with van der Waals surface area (Å²) in [6.45, 7) is 6.68. The molecule has 0 heterocycles. The molecule has 17 N–H and O–H groups in total. The number of nitrogens with one attached hydrogen (secondary N) is 12. The minimum absolute atomic E-state index is 0.0102. The van der Waals surface area contributed by atoms with E-state index in [0.717, 1.165) is 0 Å². The summed E-state index contributed by atoms with van der Waals surface area (Å²) in [5, 5.41) is 40.2. The van der Waals surface area contributed by atoms with Crippen molar-refractivity contribution in [1.82, 2.24) is 63.8 Å². The summed E-state index contributed by atoms with van der Waals surface area (Å²) in [5.41, 5.74) is 11.6. The minimum Gasteiger partial charge on any atom is -0.481 e. The maximum atomic E-state index is 13.0. The van der Waals surface area contributed by atoms with E-state index in [0.29, 0.717) is 63.7 Å². The zero-order chi connectivity index (χ0) is 53.9. The molecule has 0 aromatic rings. The zero-order valence-electron chi connectivity index (χ0n) is 41.7. The SMILES string of the molecule is C=C(CCNC(=O)CCNC(=O)CCNC(=O)CCNC(=O)CCNC(=O)C(CCCCN)NC(C)=O)NC(CCCCN)C(=O)NCCC(=O)NCCC(=O)NCCC(=O)NCCC(=O)NCCC(=O)O. The summed E-state index contributed by atoms with van der Waals surface area (Å²) in [4.78, 5) is 144. The van der Waals surface area contributed by atoms with Crippen molar-refractivity contribution in [2.45, 2.75) is 122 Å². The van der Waals surface area contributed by atoms with Crippen LogP contribution in [0, 0.1) is 0 Å². The van der Waals surface area contributed by atoms with Crippen molar-refractivity contribution in [2.24, 2.45) is 11.5 Å². The van der Waals surface area contributed by atoms with Gasteiger partial charge in [-0.2, -0.15) is 0 Å². The molecule has 27 heteroatoms. The lowest BCUT2D eigenvalue weighted by molar-refractivity contribution is -0.137. The maximum absolute atomic E-state index is 13.0. The topological polar surface area (TPSA) is 421 Å². The van der Waals surface area contributed by atoms with Crippen LogP contribution in [-0.2, 0) is 57.5 Å². The molecule has 2 unspecified atom stereocenters. The lowest BCUT2D eigenvalue weighted by Gasteiger charge is -2.21. The number of aliphatic carboxylic acids is 1. The lowest BCUT2D eigenvalue weighted by atomic mass is 10.1. The number of carboxylic acids is 1. The molecule has 0 saturated carbocycles. The molecule has 0 fully saturated rings. The average Bonchev–Trinajstić information content (AvgIpc) is 3.30. The number of rotatable bonds is 43. The molecule has 0 aromatic carbocycles. The molecule has 0 radical (unpaired) electrons. The van der Waals surface area contributed by atoms with Crippen LogP contribution in [0.3, 0.4) is 0 Å². The Morgan fingerprint density at radius 3 is 0.889 bits per heavy atom. The molecule has 0 rings (SSSR count). The molecule has 0 aromatic heterocycles. The van der Waals surface area contributed by atoms with Gasteiger partial charge in [0.15, 0.2) is 0 Å². The summed E-state index contributed by atoms with van der Waals surface area (Å²) in [6.07, 6.45) is 3.34. The van der Waals surface area contributed by atoms with Gasteiger partial charge in [-0.1, -0.05) is 6.58 Å². The molecule has 72 heavy (non-hydrogen) atoms. The average molecular weight is 1030 g/mol. The Balaban J connectivity index is 4.27. The largest absolute Gasteiger partial charge is 0.481 e. The van der Waals surface area contributed by atoms with Gasteiger partial charge >= 0.3 is 5.97 Å². The highest BCUT2D eigenvalue weighted by Crippen LogP contribution is 2.05. The molecule has 27 nitrogen and oxygen atoms in total. The van der Waals surface area contributed by atoms with E-state index in [-0.39, 0.29) is 159 Å². The molecule has 2 atom stereocenters. The Morgan fingerprint density at radius 2 is 0.625 bits per heavy atom. The minimum atomic E-state index is -1.04. The number of hydrogen-bond donors (Lipinski definition) is 15. The molecule has 0 aliphatic rings. The van der Waals surface area contributed by atoms with Crippen LogP contribution in [0.5, 0.6) is 0 Å². The van der Waals surface area contributed by atoms with E-state index in [1.54, 1.807) is 0 Å². The number of hydrogen-bond acceptors (Lipinski definition) is 15. The van der Waals surface area contributed by atoms with E-state index in [1.165, 1.54) is 6.92 Å².